The molecule has 3 nitrogen and oxygen atoms in total. The first-order chi connectivity index (χ1) is 4.70. The summed E-state index contributed by atoms with van der Waals surface area (Å²) >= 11 is 0. The fourth-order valence-corrected chi connectivity index (χ4v) is 1.22. The Bertz CT molecular complexity index is 134. The summed E-state index contributed by atoms with van der Waals surface area (Å²) in [5.41, 5.74) is 0. The van der Waals surface area contributed by atoms with Crippen LogP contribution in [0.15, 0.2) is 0 Å². The van der Waals surface area contributed by atoms with Gasteiger partial charge in [0.25, 0.3) is 0 Å². The number of nitrogens with zero attached hydrogens (tertiary/aromatic N) is 1. The van der Waals surface area contributed by atoms with Crippen LogP contribution in [0.2, 0.25) is 0 Å². The molecule has 10 heavy (non-hydrogen) atoms. The third-order valence-electron chi connectivity index (χ3n) is 1.66. The minimum Gasteiger partial charge on any atom is -0.392 e. The standard InChI is InChI=1S/C7H13NO2/c1-6(9)5-8-4-2-3-7(8)10/h6,9H,2-5H2,1H3/t6-/m0/s1. The van der Waals surface area contributed by atoms with Crippen molar-refractivity contribution < 1.29 is 9.90 Å². The van der Waals surface area contributed by atoms with Gasteiger partial charge in [-0.3, -0.25) is 4.79 Å². The first-order valence-corrected chi connectivity index (χ1v) is 3.66. The maximum absolute atomic E-state index is 10.9. The molecule has 0 bridgehead atoms. The lowest BCUT2D eigenvalue weighted by Crippen LogP contribution is -2.31. The predicted molar refractivity (Wildman–Crippen MR) is 37.5 cm³/mol. The van der Waals surface area contributed by atoms with Crippen molar-refractivity contribution in [3.05, 3.63) is 0 Å². The number of aliphatic hydroxyl groups is 1. The van der Waals surface area contributed by atoms with E-state index in [1.54, 1.807) is 11.8 Å². The summed E-state index contributed by atoms with van der Waals surface area (Å²) in [5.74, 6) is 0.181. The molecule has 3 heteroatoms. The second-order valence-corrected chi connectivity index (χ2v) is 2.79. The van der Waals surface area contributed by atoms with Gasteiger partial charge in [-0.15, -0.1) is 0 Å². The fraction of sp³-hybridized carbons (Fsp3) is 0.857. The summed E-state index contributed by atoms with van der Waals surface area (Å²) in [6.45, 7) is 3.02. The molecule has 0 radical (unpaired) electrons. The molecule has 0 aliphatic carbocycles. The molecule has 1 rings (SSSR count). The molecule has 0 aromatic carbocycles. The summed E-state index contributed by atoms with van der Waals surface area (Å²) in [4.78, 5) is 12.6. The summed E-state index contributed by atoms with van der Waals surface area (Å²) in [5, 5.41) is 8.94. The molecule has 58 valence electrons. The van der Waals surface area contributed by atoms with Gasteiger partial charge in [0.2, 0.25) is 5.91 Å². The Kier molecular flexibility index (Phi) is 2.27. The number of carbonyl (C=O) groups excluding carboxylic acids is 1. The Hall–Kier alpha value is -0.570. The molecule has 1 amide bonds. The van der Waals surface area contributed by atoms with Crippen molar-refractivity contribution in [3.8, 4) is 0 Å². The van der Waals surface area contributed by atoms with Crippen LogP contribution in [0.25, 0.3) is 0 Å². The first-order valence-electron chi connectivity index (χ1n) is 3.66. The maximum Gasteiger partial charge on any atom is 0.222 e. The zero-order valence-electron chi connectivity index (χ0n) is 6.21. The van der Waals surface area contributed by atoms with Crippen LogP contribution in [0, 0.1) is 0 Å². The maximum atomic E-state index is 10.9. The third kappa shape index (κ3) is 1.70. The molecular formula is C7H13NO2. The van der Waals surface area contributed by atoms with Gasteiger partial charge in [-0.1, -0.05) is 0 Å². The van der Waals surface area contributed by atoms with E-state index in [4.69, 9.17) is 5.11 Å². The number of aliphatic hydroxyl groups excluding tert-OH is 1. The number of β-amino-alcohol motifs (C(OH)–C–C–N with tert-alkyl or cyclic N) is 1. The fourth-order valence-electron chi connectivity index (χ4n) is 1.22. The molecule has 1 atom stereocenters. The summed E-state index contributed by atoms with van der Waals surface area (Å²) in [7, 11) is 0. The molecule has 1 N–H and O–H groups in total. The largest absolute Gasteiger partial charge is 0.392 e. The molecule has 1 aliphatic heterocycles. The van der Waals surface area contributed by atoms with Crippen molar-refractivity contribution in [3.63, 3.8) is 0 Å². The zero-order chi connectivity index (χ0) is 7.56. The first kappa shape index (κ1) is 7.54. The molecule has 1 fully saturated rings. The Balaban J connectivity index is 2.33. The van der Waals surface area contributed by atoms with Crippen LogP contribution in [-0.4, -0.2) is 35.1 Å². The highest BCUT2D eigenvalue weighted by Crippen LogP contribution is 2.09. The number of amides is 1. The molecule has 0 aromatic heterocycles. The van der Waals surface area contributed by atoms with E-state index in [0.717, 1.165) is 13.0 Å². The minimum atomic E-state index is -0.387. The van der Waals surface area contributed by atoms with Gasteiger partial charge < -0.3 is 10.0 Å². The van der Waals surface area contributed by atoms with E-state index >= 15 is 0 Å². The normalized spacial score (nSPS) is 21.8. The van der Waals surface area contributed by atoms with Crippen LogP contribution in [0.5, 0.6) is 0 Å². The van der Waals surface area contributed by atoms with Gasteiger partial charge in [-0.25, -0.2) is 0 Å². The summed E-state index contributed by atoms with van der Waals surface area (Å²) in [6.07, 6.45) is 1.22. The van der Waals surface area contributed by atoms with E-state index in [1.165, 1.54) is 0 Å². The highest BCUT2D eigenvalue weighted by atomic mass is 16.3. The van der Waals surface area contributed by atoms with E-state index in [-0.39, 0.29) is 12.0 Å². The van der Waals surface area contributed by atoms with Gasteiger partial charge in [0.15, 0.2) is 0 Å². The Morgan fingerprint density at radius 2 is 2.50 bits per heavy atom. The number of carbonyl (C=O) groups is 1. The average molecular weight is 143 g/mol. The highest BCUT2D eigenvalue weighted by Gasteiger charge is 2.20. The molecule has 0 spiro atoms. The smallest absolute Gasteiger partial charge is 0.222 e. The molecular weight excluding hydrogens is 130 g/mol. The van der Waals surface area contributed by atoms with Crippen LogP contribution in [0.4, 0.5) is 0 Å². The number of likely N-dealkylation sites (tertiary alicyclic amines) is 1. The van der Waals surface area contributed by atoms with Gasteiger partial charge >= 0.3 is 0 Å². The van der Waals surface area contributed by atoms with Crippen molar-refractivity contribution in [1.82, 2.24) is 4.90 Å². The summed E-state index contributed by atoms with van der Waals surface area (Å²) in [6, 6.07) is 0. The monoisotopic (exact) mass is 143 g/mol. The van der Waals surface area contributed by atoms with E-state index in [1.807, 2.05) is 0 Å². The van der Waals surface area contributed by atoms with Crippen molar-refractivity contribution in [1.29, 1.82) is 0 Å². The van der Waals surface area contributed by atoms with Gasteiger partial charge in [0.05, 0.1) is 6.10 Å². The van der Waals surface area contributed by atoms with Crippen molar-refractivity contribution in [2.45, 2.75) is 25.9 Å². The SMILES string of the molecule is C[C@H](O)CN1CCCC1=O. The van der Waals surface area contributed by atoms with E-state index in [2.05, 4.69) is 0 Å². The number of rotatable bonds is 2. The average Bonchev–Trinajstić information content (AvgIpc) is 2.15. The van der Waals surface area contributed by atoms with Crippen LogP contribution in [-0.2, 0) is 4.79 Å². The molecule has 0 saturated carbocycles. The quantitative estimate of drug-likeness (QED) is 0.590. The number of hydrogen-bond donors (Lipinski definition) is 1. The van der Waals surface area contributed by atoms with Crippen molar-refractivity contribution in [2.24, 2.45) is 0 Å². The lowest BCUT2D eigenvalue weighted by atomic mass is 10.4. The molecule has 0 unspecified atom stereocenters. The summed E-state index contributed by atoms with van der Waals surface area (Å²) < 4.78 is 0. The Morgan fingerprint density at radius 3 is 2.90 bits per heavy atom. The predicted octanol–water partition coefficient (Wildman–Crippen LogP) is -0.0104. The van der Waals surface area contributed by atoms with Crippen LogP contribution in [0.3, 0.4) is 0 Å². The lowest BCUT2D eigenvalue weighted by Gasteiger charge is -2.16. The molecule has 1 saturated heterocycles. The Labute approximate surface area is 60.6 Å². The van der Waals surface area contributed by atoms with Crippen LogP contribution < -0.4 is 0 Å². The van der Waals surface area contributed by atoms with E-state index in [9.17, 15) is 4.79 Å². The Morgan fingerprint density at radius 1 is 1.80 bits per heavy atom. The zero-order valence-corrected chi connectivity index (χ0v) is 6.21. The molecule has 0 aromatic rings. The van der Waals surface area contributed by atoms with Gasteiger partial charge in [-0.05, 0) is 13.3 Å². The molecule has 1 aliphatic rings. The second kappa shape index (κ2) is 3.01. The van der Waals surface area contributed by atoms with Crippen LogP contribution >= 0.6 is 0 Å². The van der Waals surface area contributed by atoms with Crippen molar-refractivity contribution in [2.75, 3.05) is 13.1 Å². The lowest BCUT2D eigenvalue weighted by molar-refractivity contribution is -0.128. The second-order valence-electron chi connectivity index (χ2n) is 2.79. The van der Waals surface area contributed by atoms with E-state index in [0.29, 0.717) is 13.0 Å². The topological polar surface area (TPSA) is 40.5 Å². The third-order valence-corrected chi connectivity index (χ3v) is 1.66. The van der Waals surface area contributed by atoms with Crippen molar-refractivity contribution >= 4 is 5.91 Å². The van der Waals surface area contributed by atoms with E-state index < -0.39 is 0 Å². The molecule has 1 heterocycles. The minimum absolute atomic E-state index is 0.181. The number of hydrogen-bond acceptors (Lipinski definition) is 2. The van der Waals surface area contributed by atoms with Gasteiger partial charge in [0, 0.05) is 19.5 Å². The van der Waals surface area contributed by atoms with Gasteiger partial charge in [0.1, 0.15) is 0 Å². The van der Waals surface area contributed by atoms with Crippen LogP contribution in [0.1, 0.15) is 19.8 Å². The highest BCUT2D eigenvalue weighted by molar-refractivity contribution is 5.78. The van der Waals surface area contributed by atoms with Gasteiger partial charge in [-0.2, -0.15) is 0 Å².